The minimum absolute atomic E-state index is 0.0581. The first-order valence-electron chi connectivity index (χ1n) is 6.78. The molecule has 2 fully saturated rings. The highest BCUT2D eigenvalue weighted by Crippen LogP contribution is 2.41. The number of carboxylic acids is 1. The second-order valence-corrected chi connectivity index (χ2v) is 6.69. The number of aliphatic hydroxyl groups is 1. The molecule has 0 aromatic carbocycles. The highest BCUT2D eigenvalue weighted by atomic mass is 32.2. The Morgan fingerprint density at radius 3 is 2.90 bits per heavy atom. The molecule has 4 unspecified atom stereocenters. The first kappa shape index (κ1) is 15.6. The molecule has 8 heteroatoms. The summed E-state index contributed by atoms with van der Waals surface area (Å²) in [6.07, 6.45) is 1.63. The van der Waals surface area contributed by atoms with Gasteiger partial charge in [-0.05, 0) is 25.3 Å². The number of aliphatic carboxylic acids is 1. The largest absolute Gasteiger partial charge is 0.480 e. The molecule has 5 atom stereocenters. The predicted octanol–water partition coefficient (Wildman–Crippen LogP) is -1.64. The van der Waals surface area contributed by atoms with Crippen molar-refractivity contribution in [3.05, 3.63) is 0 Å². The Hall–Kier alpha value is -0.830. The molecule has 0 spiro atoms. The number of carboxylic acid groups (broad SMARTS) is 1. The summed E-state index contributed by atoms with van der Waals surface area (Å²) < 4.78 is 0. The number of thioether (sulfide) groups is 1. The first-order valence-corrected chi connectivity index (χ1v) is 7.73. The van der Waals surface area contributed by atoms with Crippen molar-refractivity contribution in [2.45, 2.75) is 35.4 Å². The van der Waals surface area contributed by atoms with Crippen molar-refractivity contribution in [1.82, 2.24) is 10.6 Å². The van der Waals surface area contributed by atoms with E-state index in [2.05, 4.69) is 10.6 Å². The van der Waals surface area contributed by atoms with Gasteiger partial charge in [0, 0.05) is 24.4 Å². The summed E-state index contributed by atoms with van der Waals surface area (Å²) in [5.41, 5.74) is 5.36. The zero-order valence-electron chi connectivity index (χ0n) is 11.1. The third-order valence-electron chi connectivity index (χ3n) is 3.91. The summed E-state index contributed by atoms with van der Waals surface area (Å²) in [5, 5.41) is 24.1. The molecule has 20 heavy (non-hydrogen) atoms. The number of hydrogen-bond acceptors (Lipinski definition) is 6. The summed E-state index contributed by atoms with van der Waals surface area (Å²) in [4.78, 5) is 22.6. The average Bonchev–Trinajstić information content (AvgIpc) is 2.87. The van der Waals surface area contributed by atoms with Crippen LogP contribution in [0.1, 0.15) is 12.8 Å². The van der Waals surface area contributed by atoms with E-state index in [1.54, 1.807) is 11.8 Å². The fourth-order valence-corrected chi connectivity index (χ4v) is 4.48. The fourth-order valence-electron chi connectivity index (χ4n) is 2.74. The molecule has 6 N–H and O–H groups in total. The van der Waals surface area contributed by atoms with E-state index >= 15 is 0 Å². The molecule has 2 rings (SSSR count). The van der Waals surface area contributed by atoms with Crippen molar-refractivity contribution in [2.24, 2.45) is 11.7 Å². The second-order valence-electron chi connectivity index (χ2n) is 5.31. The molecule has 0 saturated carbocycles. The van der Waals surface area contributed by atoms with Crippen LogP contribution in [-0.4, -0.2) is 64.4 Å². The molecule has 0 radical (unpaired) electrons. The number of hydrogen-bond donors (Lipinski definition) is 5. The van der Waals surface area contributed by atoms with Crippen molar-refractivity contribution in [2.75, 3.05) is 19.7 Å². The second kappa shape index (κ2) is 6.75. The third kappa shape index (κ3) is 3.43. The fraction of sp³-hybridized carbons (Fsp3) is 0.833. The van der Waals surface area contributed by atoms with E-state index in [1.165, 1.54) is 0 Å². The Kier molecular flexibility index (Phi) is 5.25. The van der Waals surface area contributed by atoms with Gasteiger partial charge in [0.25, 0.3) is 0 Å². The molecular formula is C12H21N3O4S. The molecule has 7 nitrogen and oxygen atoms in total. The zero-order chi connectivity index (χ0) is 14.7. The maximum absolute atomic E-state index is 12.0. The Bertz CT molecular complexity index is 382. The third-order valence-corrected chi connectivity index (χ3v) is 5.68. The summed E-state index contributed by atoms with van der Waals surface area (Å²) in [5.74, 6) is -1.06. The van der Waals surface area contributed by atoms with Crippen molar-refractivity contribution < 1.29 is 19.8 Å². The van der Waals surface area contributed by atoms with Crippen LogP contribution in [0.25, 0.3) is 0 Å². The molecule has 1 amide bonds. The van der Waals surface area contributed by atoms with Gasteiger partial charge in [-0.25, -0.2) is 0 Å². The number of amides is 1. The number of carbonyl (C=O) groups excluding carboxylic acids is 1. The van der Waals surface area contributed by atoms with Gasteiger partial charge in [-0.15, -0.1) is 11.8 Å². The lowest BCUT2D eigenvalue weighted by atomic mass is 9.90. The van der Waals surface area contributed by atoms with Crippen LogP contribution in [0.15, 0.2) is 0 Å². The van der Waals surface area contributed by atoms with Crippen LogP contribution >= 0.6 is 11.8 Å². The monoisotopic (exact) mass is 303 g/mol. The number of piperidine rings is 1. The summed E-state index contributed by atoms with van der Waals surface area (Å²) in [6.45, 7) is 0.955. The standard InChI is InChI=1S/C12H21N3O4S/c13-7(12(18)19)4-15-11(17)9-3-8-10(20-9)6(5-16)1-2-14-8/h6-10,14,16H,1-5,13H2,(H,15,17)(H,18,19)/t6?,7-,8?,9?,10?/m1/s1. The quantitative estimate of drug-likeness (QED) is 0.412. The Labute approximate surface area is 121 Å². The van der Waals surface area contributed by atoms with E-state index in [0.717, 1.165) is 13.0 Å². The summed E-state index contributed by atoms with van der Waals surface area (Å²) in [7, 11) is 0. The van der Waals surface area contributed by atoms with Crippen LogP contribution < -0.4 is 16.4 Å². The van der Waals surface area contributed by atoms with Crippen LogP contribution in [0.4, 0.5) is 0 Å². The number of fused-ring (bicyclic) bond motifs is 1. The first-order chi connectivity index (χ1) is 9.52. The lowest BCUT2D eigenvalue weighted by molar-refractivity contribution is -0.138. The molecule has 2 aliphatic rings. The number of nitrogens with two attached hydrogens (primary N) is 1. The van der Waals surface area contributed by atoms with Gasteiger partial charge in [-0.2, -0.15) is 0 Å². The van der Waals surface area contributed by atoms with Crippen LogP contribution in [-0.2, 0) is 9.59 Å². The Morgan fingerprint density at radius 1 is 1.50 bits per heavy atom. The van der Waals surface area contributed by atoms with Crippen molar-refractivity contribution in [3.8, 4) is 0 Å². The maximum Gasteiger partial charge on any atom is 0.322 e. The molecule has 0 aliphatic carbocycles. The van der Waals surface area contributed by atoms with E-state index in [1.807, 2.05) is 0 Å². The van der Waals surface area contributed by atoms with Crippen LogP contribution in [0, 0.1) is 5.92 Å². The SMILES string of the molecule is N[C@H](CNC(=O)C1CC2NCCC(CO)C2S1)C(=O)O. The topological polar surface area (TPSA) is 125 Å². The molecule has 0 bridgehead atoms. The van der Waals surface area contributed by atoms with Gasteiger partial charge in [0.05, 0.1) is 5.25 Å². The van der Waals surface area contributed by atoms with E-state index in [-0.39, 0.29) is 41.5 Å². The molecule has 2 aliphatic heterocycles. The number of carbonyl (C=O) groups is 2. The predicted molar refractivity (Wildman–Crippen MR) is 75.4 cm³/mol. The minimum atomic E-state index is -1.12. The lowest BCUT2D eigenvalue weighted by Gasteiger charge is -2.32. The maximum atomic E-state index is 12.0. The highest BCUT2D eigenvalue weighted by molar-refractivity contribution is 8.01. The smallest absolute Gasteiger partial charge is 0.322 e. The summed E-state index contributed by atoms with van der Waals surface area (Å²) >= 11 is 1.57. The van der Waals surface area contributed by atoms with Crippen LogP contribution in [0.2, 0.25) is 0 Å². The van der Waals surface area contributed by atoms with Crippen molar-refractivity contribution >= 4 is 23.6 Å². The number of rotatable bonds is 5. The Morgan fingerprint density at radius 2 is 2.25 bits per heavy atom. The van der Waals surface area contributed by atoms with Crippen LogP contribution in [0.3, 0.4) is 0 Å². The number of aliphatic hydroxyl groups excluding tert-OH is 1. The van der Waals surface area contributed by atoms with E-state index in [4.69, 9.17) is 10.8 Å². The van der Waals surface area contributed by atoms with Gasteiger partial charge in [0.1, 0.15) is 6.04 Å². The van der Waals surface area contributed by atoms with Gasteiger partial charge in [0.15, 0.2) is 0 Å². The Balaban J connectivity index is 1.85. The molecular weight excluding hydrogens is 282 g/mol. The molecule has 2 heterocycles. The van der Waals surface area contributed by atoms with Crippen molar-refractivity contribution in [3.63, 3.8) is 0 Å². The van der Waals surface area contributed by atoms with Gasteiger partial charge in [0.2, 0.25) is 5.91 Å². The van der Waals surface area contributed by atoms with E-state index in [9.17, 15) is 14.7 Å². The minimum Gasteiger partial charge on any atom is -0.480 e. The van der Waals surface area contributed by atoms with Gasteiger partial charge in [-0.3, -0.25) is 9.59 Å². The molecule has 114 valence electrons. The van der Waals surface area contributed by atoms with Gasteiger partial charge < -0.3 is 26.6 Å². The van der Waals surface area contributed by atoms with Gasteiger partial charge in [-0.1, -0.05) is 0 Å². The number of nitrogens with one attached hydrogen (secondary N) is 2. The lowest BCUT2D eigenvalue weighted by Crippen LogP contribution is -2.46. The highest BCUT2D eigenvalue weighted by Gasteiger charge is 2.43. The van der Waals surface area contributed by atoms with Crippen LogP contribution in [0.5, 0.6) is 0 Å². The van der Waals surface area contributed by atoms with E-state index < -0.39 is 12.0 Å². The average molecular weight is 303 g/mol. The normalized spacial score (nSPS) is 34.3. The molecule has 2 saturated heterocycles. The van der Waals surface area contributed by atoms with Crippen molar-refractivity contribution in [1.29, 1.82) is 0 Å². The zero-order valence-corrected chi connectivity index (χ0v) is 11.9. The molecule has 0 aromatic rings. The summed E-state index contributed by atoms with van der Waals surface area (Å²) in [6, 6.07) is -0.828. The molecule has 0 aromatic heterocycles. The van der Waals surface area contributed by atoms with E-state index in [0.29, 0.717) is 6.42 Å². The van der Waals surface area contributed by atoms with Gasteiger partial charge >= 0.3 is 5.97 Å².